The monoisotopic (exact) mass is 359 g/mol. The van der Waals surface area contributed by atoms with Crippen molar-refractivity contribution in [1.29, 1.82) is 5.26 Å². The van der Waals surface area contributed by atoms with Gasteiger partial charge in [-0.1, -0.05) is 6.07 Å². The van der Waals surface area contributed by atoms with Crippen molar-refractivity contribution in [2.75, 3.05) is 6.61 Å². The molecule has 7 nitrogen and oxygen atoms in total. The highest BCUT2D eigenvalue weighted by atomic mass is 16.5. The Balaban J connectivity index is 1.86. The molecule has 3 aromatic rings. The van der Waals surface area contributed by atoms with E-state index in [0.29, 0.717) is 18.1 Å². The average molecular weight is 359 g/mol. The van der Waals surface area contributed by atoms with Gasteiger partial charge in [0.15, 0.2) is 0 Å². The second-order valence-electron chi connectivity index (χ2n) is 5.99. The summed E-state index contributed by atoms with van der Waals surface area (Å²) < 4.78 is 11.1. The van der Waals surface area contributed by atoms with Crippen molar-refractivity contribution in [3.8, 4) is 29.0 Å². The molecule has 7 heteroatoms. The van der Waals surface area contributed by atoms with Crippen molar-refractivity contribution in [1.82, 2.24) is 15.2 Å². The van der Waals surface area contributed by atoms with Gasteiger partial charge in [0.05, 0.1) is 23.8 Å². The van der Waals surface area contributed by atoms with E-state index >= 15 is 0 Å². The van der Waals surface area contributed by atoms with Crippen LogP contribution >= 0.6 is 0 Å². The van der Waals surface area contributed by atoms with E-state index in [-0.39, 0.29) is 5.88 Å². The van der Waals surface area contributed by atoms with Crippen LogP contribution in [-0.4, -0.2) is 21.8 Å². The fourth-order valence-corrected chi connectivity index (χ4v) is 3.23. The quantitative estimate of drug-likeness (QED) is 0.741. The molecule has 0 fully saturated rings. The lowest BCUT2D eigenvalue weighted by Gasteiger charge is -2.23. The predicted octanol–water partition coefficient (Wildman–Crippen LogP) is 3.09. The molecule has 3 N–H and O–H groups in total. The number of allylic oxidation sites excluding steroid dienone is 1. The van der Waals surface area contributed by atoms with Crippen LogP contribution in [0.4, 0.5) is 0 Å². The number of nitriles is 1. The number of pyridine rings is 1. The zero-order valence-corrected chi connectivity index (χ0v) is 14.6. The van der Waals surface area contributed by atoms with Crippen LogP contribution in [0.2, 0.25) is 0 Å². The molecule has 0 aliphatic carbocycles. The molecule has 2 aromatic heterocycles. The lowest BCUT2D eigenvalue weighted by molar-refractivity contribution is 0.340. The predicted molar refractivity (Wildman–Crippen MR) is 98.7 cm³/mol. The molecule has 0 bridgehead atoms. The second-order valence-corrected chi connectivity index (χ2v) is 5.99. The van der Waals surface area contributed by atoms with E-state index in [1.165, 1.54) is 0 Å². The van der Waals surface area contributed by atoms with Gasteiger partial charge in [-0.05, 0) is 42.8 Å². The standard InChI is InChI=1S/C20H17N5O2/c1-2-26-14-7-5-12(6-8-14)18-17-16(13-4-3-9-23-11-13)15(10-21)19(22)27-20(17)25-24-18/h3-9,11,16H,2,22H2,1H3,(H,24,25)/t16-/m1/s1. The highest BCUT2D eigenvalue weighted by Crippen LogP contribution is 2.45. The van der Waals surface area contributed by atoms with Crippen molar-refractivity contribution in [2.24, 2.45) is 5.73 Å². The lowest BCUT2D eigenvalue weighted by atomic mass is 9.84. The number of rotatable bonds is 4. The number of aromatic nitrogens is 3. The van der Waals surface area contributed by atoms with Gasteiger partial charge in [-0.3, -0.25) is 10.1 Å². The summed E-state index contributed by atoms with van der Waals surface area (Å²) in [6.07, 6.45) is 3.41. The molecule has 0 radical (unpaired) electrons. The van der Waals surface area contributed by atoms with Crippen molar-refractivity contribution >= 4 is 0 Å². The number of nitrogens with zero attached hydrogens (tertiary/aromatic N) is 3. The fraction of sp³-hybridized carbons (Fsp3) is 0.150. The van der Waals surface area contributed by atoms with Crippen molar-refractivity contribution in [3.05, 3.63) is 71.4 Å². The third-order valence-corrected chi connectivity index (χ3v) is 4.41. The molecule has 27 heavy (non-hydrogen) atoms. The minimum absolute atomic E-state index is 0.0589. The van der Waals surface area contributed by atoms with Gasteiger partial charge in [-0.2, -0.15) is 5.26 Å². The maximum absolute atomic E-state index is 9.68. The first-order valence-corrected chi connectivity index (χ1v) is 8.52. The number of benzene rings is 1. The van der Waals surface area contributed by atoms with Crippen molar-refractivity contribution in [3.63, 3.8) is 0 Å². The third kappa shape index (κ3) is 2.87. The zero-order valence-electron chi connectivity index (χ0n) is 14.6. The number of ether oxygens (including phenoxy) is 2. The van der Waals surface area contributed by atoms with E-state index in [9.17, 15) is 5.26 Å². The van der Waals surface area contributed by atoms with Gasteiger partial charge >= 0.3 is 0 Å². The number of hydrogen-bond donors (Lipinski definition) is 2. The molecular formula is C20H17N5O2. The molecule has 1 atom stereocenters. The topological polar surface area (TPSA) is 110 Å². The molecule has 1 aliphatic heterocycles. The van der Waals surface area contributed by atoms with E-state index < -0.39 is 5.92 Å². The van der Waals surface area contributed by atoms with Gasteiger partial charge in [-0.15, -0.1) is 5.10 Å². The van der Waals surface area contributed by atoms with Gasteiger partial charge in [0.25, 0.3) is 0 Å². The molecule has 3 heterocycles. The van der Waals surface area contributed by atoms with Gasteiger partial charge in [0.1, 0.15) is 17.4 Å². The number of nitrogens with one attached hydrogen (secondary N) is 1. The lowest BCUT2D eigenvalue weighted by Crippen LogP contribution is -2.21. The van der Waals surface area contributed by atoms with E-state index in [1.807, 2.05) is 43.3 Å². The highest BCUT2D eigenvalue weighted by molar-refractivity contribution is 5.71. The second kappa shape index (κ2) is 6.84. The Morgan fingerprint density at radius 2 is 2.11 bits per heavy atom. The van der Waals surface area contributed by atoms with Crippen LogP contribution in [0, 0.1) is 11.3 Å². The molecule has 1 aromatic carbocycles. The maximum atomic E-state index is 9.68. The van der Waals surface area contributed by atoms with E-state index in [0.717, 1.165) is 28.1 Å². The Morgan fingerprint density at radius 1 is 1.30 bits per heavy atom. The first-order chi connectivity index (χ1) is 13.2. The van der Waals surface area contributed by atoms with Crippen LogP contribution in [-0.2, 0) is 0 Å². The molecule has 0 saturated carbocycles. The summed E-state index contributed by atoms with van der Waals surface area (Å²) in [6.45, 7) is 2.54. The first kappa shape index (κ1) is 16.7. The van der Waals surface area contributed by atoms with Gasteiger partial charge in [-0.25, -0.2) is 0 Å². The number of fused-ring (bicyclic) bond motifs is 1. The van der Waals surface area contributed by atoms with Crippen LogP contribution in [0.25, 0.3) is 11.3 Å². The van der Waals surface area contributed by atoms with Crippen LogP contribution < -0.4 is 15.2 Å². The molecule has 0 spiro atoms. The Labute approximate surface area is 156 Å². The van der Waals surface area contributed by atoms with Crippen molar-refractivity contribution < 1.29 is 9.47 Å². The molecule has 0 unspecified atom stereocenters. The summed E-state index contributed by atoms with van der Waals surface area (Å²) in [5.41, 5.74) is 9.59. The summed E-state index contributed by atoms with van der Waals surface area (Å²) in [5, 5.41) is 17.0. The van der Waals surface area contributed by atoms with E-state index in [1.54, 1.807) is 12.4 Å². The minimum atomic E-state index is -0.409. The minimum Gasteiger partial charge on any atom is -0.494 e. The van der Waals surface area contributed by atoms with Gasteiger partial charge < -0.3 is 15.2 Å². The first-order valence-electron chi connectivity index (χ1n) is 8.52. The molecule has 0 saturated heterocycles. The number of nitrogens with two attached hydrogens (primary N) is 1. The number of H-pyrrole nitrogens is 1. The largest absolute Gasteiger partial charge is 0.494 e. The zero-order chi connectivity index (χ0) is 18.8. The van der Waals surface area contributed by atoms with Crippen LogP contribution in [0.3, 0.4) is 0 Å². The van der Waals surface area contributed by atoms with Gasteiger partial charge in [0.2, 0.25) is 11.8 Å². The normalized spacial score (nSPS) is 15.6. The number of hydrogen-bond acceptors (Lipinski definition) is 6. The maximum Gasteiger partial charge on any atom is 0.244 e. The summed E-state index contributed by atoms with van der Waals surface area (Å²) in [6, 6.07) is 13.6. The summed E-state index contributed by atoms with van der Waals surface area (Å²) in [7, 11) is 0. The summed E-state index contributed by atoms with van der Waals surface area (Å²) in [4.78, 5) is 4.18. The summed E-state index contributed by atoms with van der Waals surface area (Å²) >= 11 is 0. The average Bonchev–Trinajstić information content (AvgIpc) is 3.11. The Morgan fingerprint density at radius 3 is 2.78 bits per heavy atom. The molecule has 0 amide bonds. The molecular weight excluding hydrogens is 342 g/mol. The Bertz CT molecular complexity index is 1030. The van der Waals surface area contributed by atoms with Crippen LogP contribution in [0.1, 0.15) is 24.0 Å². The smallest absolute Gasteiger partial charge is 0.244 e. The molecule has 4 rings (SSSR count). The Kier molecular flexibility index (Phi) is 4.22. The van der Waals surface area contributed by atoms with Crippen molar-refractivity contribution in [2.45, 2.75) is 12.8 Å². The molecule has 1 aliphatic rings. The number of aromatic amines is 1. The fourth-order valence-electron chi connectivity index (χ4n) is 3.23. The van der Waals surface area contributed by atoms with E-state index in [4.69, 9.17) is 15.2 Å². The van der Waals surface area contributed by atoms with Crippen LogP contribution in [0.5, 0.6) is 11.6 Å². The molecule has 134 valence electrons. The Hall–Kier alpha value is -3.79. The third-order valence-electron chi connectivity index (χ3n) is 4.41. The van der Waals surface area contributed by atoms with Gasteiger partial charge in [0, 0.05) is 18.0 Å². The SMILES string of the molecule is CCOc1ccc(-c2[nH]nc3c2[C@H](c2cccnc2)C(C#N)=C(N)O3)cc1. The van der Waals surface area contributed by atoms with E-state index in [2.05, 4.69) is 21.3 Å². The van der Waals surface area contributed by atoms with Crippen LogP contribution in [0.15, 0.2) is 60.2 Å². The summed E-state index contributed by atoms with van der Waals surface area (Å²) in [5.74, 6) is 0.803. The highest BCUT2D eigenvalue weighted by Gasteiger charge is 2.35.